The molecule has 0 unspecified atom stereocenters. The van der Waals surface area contributed by atoms with Crippen molar-refractivity contribution in [2.45, 2.75) is 6.54 Å². The SMILES string of the molecule is CN=C(NCC(=O)N(C)Cc1ccccc1)N1CCN(c2cnn(C)c2)C(=O)C1. The molecule has 0 aliphatic carbocycles. The van der Waals surface area contributed by atoms with E-state index < -0.39 is 0 Å². The molecular formula is C20H27N7O2. The summed E-state index contributed by atoms with van der Waals surface area (Å²) in [7, 11) is 5.25. The molecule has 154 valence electrons. The molecule has 2 heterocycles. The zero-order chi connectivity index (χ0) is 20.8. The van der Waals surface area contributed by atoms with Crippen LogP contribution in [-0.4, -0.2) is 77.6 Å². The van der Waals surface area contributed by atoms with Gasteiger partial charge in [0.05, 0.1) is 18.4 Å². The summed E-state index contributed by atoms with van der Waals surface area (Å²) < 4.78 is 1.67. The van der Waals surface area contributed by atoms with Crippen molar-refractivity contribution >= 4 is 23.5 Å². The van der Waals surface area contributed by atoms with Crippen LogP contribution in [0.3, 0.4) is 0 Å². The lowest BCUT2D eigenvalue weighted by Crippen LogP contribution is -2.56. The van der Waals surface area contributed by atoms with E-state index in [1.807, 2.05) is 48.5 Å². The predicted octanol–water partition coefficient (Wildman–Crippen LogP) is 0.303. The molecule has 1 aromatic heterocycles. The fourth-order valence-electron chi connectivity index (χ4n) is 3.24. The number of hydrogen-bond donors (Lipinski definition) is 1. The van der Waals surface area contributed by atoms with E-state index in [0.717, 1.165) is 11.3 Å². The fraction of sp³-hybridized carbons (Fsp3) is 0.400. The Hall–Kier alpha value is -3.36. The highest BCUT2D eigenvalue weighted by Crippen LogP contribution is 2.16. The maximum atomic E-state index is 12.6. The van der Waals surface area contributed by atoms with Crippen molar-refractivity contribution in [3.63, 3.8) is 0 Å². The molecule has 9 heteroatoms. The van der Waals surface area contributed by atoms with Crippen molar-refractivity contribution in [2.75, 3.05) is 45.2 Å². The van der Waals surface area contributed by atoms with E-state index in [-0.39, 0.29) is 24.9 Å². The second-order valence-corrected chi connectivity index (χ2v) is 6.98. The van der Waals surface area contributed by atoms with Gasteiger partial charge in [0, 0.05) is 47.0 Å². The van der Waals surface area contributed by atoms with Gasteiger partial charge in [-0.1, -0.05) is 30.3 Å². The van der Waals surface area contributed by atoms with Gasteiger partial charge in [0.25, 0.3) is 0 Å². The molecule has 1 aromatic carbocycles. The number of hydrogen-bond acceptors (Lipinski definition) is 4. The number of amides is 2. The van der Waals surface area contributed by atoms with Gasteiger partial charge in [0.1, 0.15) is 6.54 Å². The third-order valence-corrected chi connectivity index (χ3v) is 4.82. The molecule has 2 amide bonds. The van der Waals surface area contributed by atoms with Crippen LogP contribution in [0.5, 0.6) is 0 Å². The first-order valence-electron chi connectivity index (χ1n) is 9.50. The number of aryl methyl sites for hydroxylation is 1. The number of benzene rings is 1. The van der Waals surface area contributed by atoms with E-state index in [4.69, 9.17) is 0 Å². The summed E-state index contributed by atoms with van der Waals surface area (Å²) in [6.45, 7) is 2.01. The van der Waals surface area contributed by atoms with Crippen LogP contribution in [-0.2, 0) is 23.2 Å². The van der Waals surface area contributed by atoms with E-state index in [1.54, 1.807) is 34.8 Å². The Morgan fingerprint density at radius 1 is 1.28 bits per heavy atom. The minimum atomic E-state index is -0.0460. The van der Waals surface area contributed by atoms with E-state index in [2.05, 4.69) is 15.4 Å². The van der Waals surface area contributed by atoms with Gasteiger partial charge in [-0.05, 0) is 5.56 Å². The van der Waals surface area contributed by atoms with Gasteiger partial charge >= 0.3 is 0 Å². The van der Waals surface area contributed by atoms with Crippen LogP contribution >= 0.6 is 0 Å². The van der Waals surface area contributed by atoms with Gasteiger partial charge in [0.2, 0.25) is 11.8 Å². The van der Waals surface area contributed by atoms with Gasteiger partial charge in [-0.15, -0.1) is 0 Å². The number of carbonyl (C=O) groups is 2. The molecule has 3 rings (SSSR count). The molecule has 1 saturated heterocycles. The third kappa shape index (κ3) is 5.13. The Morgan fingerprint density at radius 3 is 2.66 bits per heavy atom. The number of guanidine groups is 1. The number of aromatic nitrogens is 2. The van der Waals surface area contributed by atoms with Crippen molar-refractivity contribution in [3.05, 3.63) is 48.3 Å². The van der Waals surface area contributed by atoms with Crippen LogP contribution in [0.15, 0.2) is 47.7 Å². The summed E-state index contributed by atoms with van der Waals surface area (Å²) in [6.07, 6.45) is 3.50. The molecule has 9 nitrogen and oxygen atoms in total. The maximum Gasteiger partial charge on any atom is 0.246 e. The van der Waals surface area contributed by atoms with Crippen molar-refractivity contribution in [1.29, 1.82) is 0 Å². The molecule has 1 aliphatic heterocycles. The first kappa shape index (κ1) is 20.4. The molecule has 0 bridgehead atoms. The molecule has 1 fully saturated rings. The predicted molar refractivity (Wildman–Crippen MR) is 111 cm³/mol. The van der Waals surface area contributed by atoms with Gasteiger partial charge < -0.3 is 20.0 Å². The quantitative estimate of drug-likeness (QED) is 0.580. The van der Waals surface area contributed by atoms with Crippen molar-refractivity contribution in [2.24, 2.45) is 12.0 Å². The largest absolute Gasteiger partial charge is 0.347 e. The second kappa shape index (κ2) is 9.22. The summed E-state index contributed by atoms with van der Waals surface area (Å²) >= 11 is 0. The van der Waals surface area contributed by atoms with Crippen molar-refractivity contribution in [3.8, 4) is 0 Å². The van der Waals surface area contributed by atoms with Gasteiger partial charge in [0.15, 0.2) is 5.96 Å². The number of anilines is 1. The average Bonchev–Trinajstić information content (AvgIpc) is 3.15. The lowest BCUT2D eigenvalue weighted by atomic mass is 10.2. The standard InChI is InChI=1S/C20H27N7O2/c1-21-20(22-12-18(28)24(2)13-16-7-5-4-6-8-16)26-9-10-27(19(29)15-26)17-11-23-25(3)14-17/h4-8,11,14H,9-10,12-13,15H2,1-3H3,(H,21,22). The molecule has 0 atom stereocenters. The molecule has 1 aliphatic rings. The molecule has 0 spiro atoms. The second-order valence-electron chi connectivity index (χ2n) is 6.98. The van der Waals surface area contributed by atoms with E-state index >= 15 is 0 Å². The smallest absolute Gasteiger partial charge is 0.246 e. The van der Waals surface area contributed by atoms with Crippen LogP contribution in [0, 0.1) is 0 Å². The fourth-order valence-corrected chi connectivity index (χ4v) is 3.24. The number of piperazine rings is 1. The van der Waals surface area contributed by atoms with Crippen LogP contribution in [0.2, 0.25) is 0 Å². The maximum absolute atomic E-state index is 12.6. The highest BCUT2D eigenvalue weighted by molar-refractivity contribution is 5.98. The highest BCUT2D eigenvalue weighted by atomic mass is 16.2. The van der Waals surface area contributed by atoms with E-state index in [0.29, 0.717) is 25.6 Å². The van der Waals surface area contributed by atoms with E-state index in [9.17, 15) is 9.59 Å². The summed E-state index contributed by atoms with van der Waals surface area (Å²) in [5, 5.41) is 7.21. The average molecular weight is 397 g/mol. The monoisotopic (exact) mass is 397 g/mol. The number of rotatable bonds is 5. The minimum absolute atomic E-state index is 0.0280. The molecule has 29 heavy (non-hydrogen) atoms. The van der Waals surface area contributed by atoms with Gasteiger partial charge in [-0.2, -0.15) is 5.10 Å². The first-order chi connectivity index (χ1) is 14.0. The number of aliphatic imine (C=N–C) groups is 1. The van der Waals surface area contributed by atoms with Crippen LogP contribution in [0.25, 0.3) is 0 Å². The third-order valence-electron chi connectivity index (χ3n) is 4.82. The number of nitrogens with one attached hydrogen (secondary N) is 1. The van der Waals surface area contributed by atoms with Gasteiger partial charge in [-0.25, -0.2) is 0 Å². The van der Waals surface area contributed by atoms with Gasteiger partial charge in [-0.3, -0.25) is 19.3 Å². The van der Waals surface area contributed by atoms with Crippen molar-refractivity contribution in [1.82, 2.24) is 24.9 Å². The number of likely N-dealkylation sites (N-methyl/N-ethyl adjacent to an activating group) is 1. The highest BCUT2D eigenvalue weighted by Gasteiger charge is 2.28. The Kier molecular flexibility index (Phi) is 6.48. The zero-order valence-electron chi connectivity index (χ0n) is 17.1. The molecular weight excluding hydrogens is 370 g/mol. The lowest BCUT2D eigenvalue weighted by Gasteiger charge is -2.35. The van der Waals surface area contributed by atoms with E-state index in [1.165, 1.54) is 0 Å². The molecule has 2 aromatic rings. The Morgan fingerprint density at radius 2 is 2.03 bits per heavy atom. The lowest BCUT2D eigenvalue weighted by molar-refractivity contribution is -0.129. The molecule has 0 saturated carbocycles. The number of nitrogens with zero attached hydrogens (tertiary/aromatic N) is 6. The summed E-state index contributed by atoms with van der Waals surface area (Å²) in [5.74, 6) is 0.473. The number of carbonyl (C=O) groups excluding carboxylic acids is 2. The Balaban J connectivity index is 1.51. The van der Waals surface area contributed by atoms with Crippen LogP contribution < -0.4 is 10.2 Å². The first-order valence-corrected chi connectivity index (χ1v) is 9.50. The molecule has 0 radical (unpaired) electrons. The van der Waals surface area contributed by atoms with Crippen LogP contribution in [0.1, 0.15) is 5.56 Å². The summed E-state index contributed by atoms with van der Waals surface area (Å²) in [4.78, 5) is 34.5. The minimum Gasteiger partial charge on any atom is -0.347 e. The topological polar surface area (TPSA) is 86.1 Å². The normalized spacial score (nSPS) is 14.9. The van der Waals surface area contributed by atoms with Crippen LogP contribution in [0.4, 0.5) is 5.69 Å². The summed E-state index contributed by atoms with van der Waals surface area (Å²) in [5.41, 5.74) is 1.86. The van der Waals surface area contributed by atoms with Crippen molar-refractivity contribution < 1.29 is 9.59 Å². The molecule has 1 N–H and O–H groups in total. The zero-order valence-corrected chi connectivity index (χ0v) is 17.1. The Bertz CT molecular complexity index is 878. The Labute approximate surface area is 170 Å². The summed E-state index contributed by atoms with van der Waals surface area (Å²) in [6, 6.07) is 9.84.